The smallest absolute Gasteiger partial charge is 0.257 e. The Hall–Kier alpha value is -3.12. The molecular formula is C23H20BrN3O2. The van der Waals surface area contributed by atoms with Crippen molar-refractivity contribution in [3.8, 4) is 11.4 Å². The van der Waals surface area contributed by atoms with E-state index in [4.69, 9.17) is 4.74 Å². The van der Waals surface area contributed by atoms with Gasteiger partial charge in [0.15, 0.2) is 6.61 Å². The zero-order chi connectivity index (χ0) is 20.1. The van der Waals surface area contributed by atoms with Crippen LogP contribution in [-0.4, -0.2) is 28.8 Å². The number of hydrogen-bond acceptors (Lipinski definition) is 3. The third-order valence-corrected chi connectivity index (χ3v) is 5.45. The molecule has 5 nitrogen and oxygen atoms in total. The van der Waals surface area contributed by atoms with E-state index in [9.17, 15) is 4.79 Å². The molecule has 4 rings (SSSR count). The minimum Gasteiger partial charge on any atom is -0.483 e. The van der Waals surface area contributed by atoms with Crippen molar-refractivity contribution in [1.29, 1.82) is 0 Å². The van der Waals surface area contributed by atoms with Gasteiger partial charge in [-0.3, -0.25) is 4.79 Å². The van der Waals surface area contributed by atoms with Gasteiger partial charge in [0.25, 0.3) is 5.91 Å². The highest BCUT2D eigenvalue weighted by Gasteiger charge is 2.08. The number of halogens is 1. The fourth-order valence-electron chi connectivity index (χ4n) is 3.10. The second-order valence-corrected chi connectivity index (χ2v) is 7.40. The average Bonchev–Trinajstić information content (AvgIpc) is 3.29. The number of amides is 1. The lowest BCUT2D eigenvalue weighted by Crippen LogP contribution is -2.30. The number of rotatable bonds is 7. The summed E-state index contributed by atoms with van der Waals surface area (Å²) in [5, 5.41) is 9.29. The van der Waals surface area contributed by atoms with E-state index in [0.29, 0.717) is 12.3 Å². The van der Waals surface area contributed by atoms with E-state index in [2.05, 4.69) is 26.3 Å². The maximum absolute atomic E-state index is 12.1. The molecule has 1 amide bonds. The number of hydrogen-bond donors (Lipinski definition) is 1. The summed E-state index contributed by atoms with van der Waals surface area (Å²) >= 11 is 3.57. The number of fused-ring (bicyclic) bond motifs is 1. The van der Waals surface area contributed by atoms with Crippen LogP contribution in [0.5, 0.6) is 5.75 Å². The highest BCUT2D eigenvalue weighted by atomic mass is 79.9. The summed E-state index contributed by atoms with van der Waals surface area (Å²) in [5.74, 6) is 0.520. The van der Waals surface area contributed by atoms with Crippen molar-refractivity contribution in [2.45, 2.75) is 6.42 Å². The van der Waals surface area contributed by atoms with Crippen molar-refractivity contribution in [2.24, 2.45) is 0 Å². The van der Waals surface area contributed by atoms with Crippen molar-refractivity contribution < 1.29 is 9.53 Å². The minimum atomic E-state index is -0.141. The predicted octanol–water partition coefficient (Wildman–Crippen LogP) is 4.53. The number of carbonyl (C=O) groups excluding carboxylic acids is 1. The zero-order valence-electron chi connectivity index (χ0n) is 15.7. The van der Waals surface area contributed by atoms with E-state index < -0.39 is 0 Å². The summed E-state index contributed by atoms with van der Waals surface area (Å²) < 4.78 is 8.37. The summed E-state index contributed by atoms with van der Waals surface area (Å²) in [4.78, 5) is 12.1. The third-order valence-electron chi connectivity index (χ3n) is 4.63. The van der Waals surface area contributed by atoms with Crippen LogP contribution in [0, 0.1) is 0 Å². The molecule has 0 atom stereocenters. The molecule has 0 spiro atoms. The Morgan fingerprint density at radius 3 is 2.66 bits per heavy atom. The van der Waals surface area contributed by atoms with Crippen LogP contribution >= 0.6 is 15.9 Å². The Kier molecular flexibility index (Phi) is 5.91. The van der Waals surface area contributed by atoms with Crippen molar-refractivity contribution in [1.82, 2.24) is 15.1 Å². The maximum Gasteiger partial charge on any atom is 0.257 e. The van der Waals surface area contributed by atoms with Crippen LogP contribution in [-0.2, 0) is 11.2 Å². The fraction of sp³-hybridized carbons (Fsp3) is 0.130. The van der Waals surface area contributed by atoms with E-state index in [0.717, 1.165) is 32.9 Å². The first-order chi connectivity index (χ1) is 14.2. The molecule has 6 heteroatoms. The fourth-order valence-corrected chi connectivity index (χ4v) is 3.71. The van der Waals surface area contributed by atoms with Gasteiger partial charge in [0.1, 0.15) is 5.75 Å². The second kappa shape index (κ2) is 8.92. The summed E-state index contributed by atoms with van der Waals surface area (Å²) in [6.45, 7) is 0.539. The molecule has 1 heterocycles. The van der Waals surface area contributed by atoms with Gasteiger partial charge in [-0.15, -0.1) is 0 Å². The molecule has 0 saturated heterocycles. The molecule has 0 unspecified atom stereocenters. The Bertz CT molecular complexity index is 1110. The third kappa shape index (κ3) is 4.66. The lowest BCUT2D eigenvalue weighted by molar-refractivity contribution is -0.123. The van der Waals surface area contributed by atoms with E-state index in [1.165, 1.54) is 0 Å². The molecule has 4 aromatic rings. The standard InChI is InChI=1S/C23H20BrN3O2/c24-23-20-5-2-1-4-18(20)8-11-21(23)29-16-22(28)25-14-12-17-6-9-19(10-7-17)27-15-3-13-26-27/h1-11,13,15H,12,14,16H2,(H,25,28). The Morgan fingerprint density at radius 2 is 1.86 bits per heavy atom. The van der Waals surface area contributed by atoms with Gasteiger partial charge in [0.2, 0.25) is 0 Å². The molecule has 0 aliphatic rings. The number of nitrogens with one attached hydrogen (secondary N) is 1. The molecule has 0 fully saturated rings. The van der Waals surface area contributed by atoms with Crippen LogP contribution in [0.1, 0.15) is 5.56 Å². The molecule has 0 aliphatic carbocycles. The van der Waals surface area contributed by atoms with Crippen molar-refractivity contribution in [3.63, 3.8) is 0 Å². The molecule has 0 bridgehead atoms. The Labute approximate surface area is 177 Å². The van der Waals surface area contributed by atoms with E-state index in [1.807, 2.05) is 77.6 Å². The molecule has 1 N–H and O–H groups in total. The van der Waals surface area contributed by atoms with Crippen LogP contribution in [0.3, 0.4) is 0 Å². The normalized spacial score (nSPS) is 10.8. The van der Waals surface area contributed by atoms with Gasteiger partial charge < -0.3 is 10.1 Å². The topological polar surface area (TPSA) is 56.1 Å². The highest BCUT2D eigenvalue weighted by molar-refractivity contribution is 9.10. The molecule has 3 aromatic carbocycles. The van der Waals surface area contributed by atoms with Gasteiger partial charge in [0, 0.05) is 18.9 Å². The lowest BCUT2D eigenvalue weighted by atomic mass is 10.1. The van der Waals surface area contributed by atoms with E-state index in [-0.39, 0.29) is 12.5 Å². The van der Waals surface area contributed by atoms with Gasteiger partial charge in [-0.2, -0.15) is 5.10 Å². The van der Waals surface area contributed by atoms with Crippen LogP contribution in [0.25, 0.3) is 16.5 Å². The summed E-state index contributed by atoms with van der Waals surface area (Å²) in [7, 11) is 0. The summed E-state index contributed by atoms with van der Waals surface area (Å²) in [5.41, 5.74) is 2.16. The first-order valence-corrected chi connectivity index (χ1v) is 10.2. The highest BCUT2D eigenvalue weighted by Crippen LogP contribution is 2.32. The molecular weight excluding hydrogens is 430 g/mol. The molecule has 0 aliphatic heterocycles. The largest absolute Gasteiger partial charge is 0.483 e. The quantitative estimate of drug-likeness (QED) is 0.450. The molecule has 146 valence electrons. The van der Waals surface area contributed by atoms with Gasteiger partial charge in [-0.25, -0.2) is 4.68 Å². The number of carbonyl (C=O) groups is 1. The van der Waals surface area contributed by atoms with E-state index >= 15 is 0 Å². The predicted molar refractivity (Wildman–Crippen MR) is 117 cm³/mol. The first-order valence-electron chi connectivity index (χ1n) is 9.36. The lowest BCUT2D eigenvalue weighted by Gasteiger charge is -2.11. The molecule has 0 radical (unpaired) electrons. The first kappa shape index (κ1) is 19.2. The minimum absolute atomic E-state index is 0.0187. The molecule has 0 saturated carbocycles. The van der Waals surface area contributed by atoms with Crippen LogP contribution in [0.2, 0.25) is 0 Å². The van der Waals surface area contributed by atoms with Gasteiger partial charge in [-0.05, 0) is 63.0 Å². The van der Waals surface area contributed by atoms with Crippen molar-refractivity contribution in [3.05, 3.63) is 89.2 Å². The summed E-state index contributed by atoms with van der Waals surface area (Å²) in [6, 6.07) is 21.9. The number of nitrogens with zero attached hydrogens (tertiary/aromatic N) is 2. The maximum atomic E-state index is 12.1. The van der Waals surface area contributed by atoms with Gasteiger partial charge in [0.05, 0.1) is 10.2 Å². The Balaban J connectivity index is 1.26. The van der Waals surface area contributed by atoms with Crippen LogP contribution in [0.15, 0.2) is 83.6 Å². The zero-order valence-corrected chi connectivity index (χ0v) is 17.3. The molecule has 29 heavy (non-hydrogen) atoms. The number of aromatic nitrogens is 2. The second-order valence-electron chi connectivity index (χ2n) is 6.60. The number of benzene rings is 3. The van der Waals surface area contributed by atoms with Crippen LogP contribution in [0.4, 0.5) is 0 Å². The van der Waals surface area contributed by atoms with Crippen LogP contribution < -0.4 is 10.1 Å². The SMILES string of the molecule is O=C(COc1ccc2ccccc2c1Br)NCCc1ccc(-n2cccn2)cc1. The summed E-state index contributed by atoms with van der Waals surface area (Å²) in [6.07, 6.45) is 4.41. The van der Waals surface area contributed by atoms with E-state index in [1.54, 1.807) is 6.20 Å². The van der Waals surface area contributed by atoms with Crippen molar-refractivity contribution in [2.75, 3.05) is 13.2 Å². The van der Waals surface area contributed by atoms with Gasteiger partial charge >= 0.3 is 0 Å². The monoisotopic (exact) mass is 449 g/mol. The van der Waals surface area contributed by atoms with Crippen molar-refractivity contribution >= 4 is 32.6 Å². The van der Waals surface area contributed by atoms with Gasteiger partial charge in [-0.1, -0.05) is 42.5 Å². The molecule has 1 aromatic heterocycles. The number of ether oxygens (including phenoxy) is 1. The Morgan fingerprint density at radius 1 is 1.03 bits per heavy atom. The average molecular weight is 450 g/mol.